The van der Waals surface area contributed by atoms with E-state index in [-0.39, 0.29) is 18.4 Å². The normalized spacial score (nSPS) is 15.4. The molecule has 0 saturated carbocycles. The highest BCUT2D eigenvalue weighted by atomic mass is 16.5. The van der Waals surface area contributed by atoms with Crippen LogP contribution in [0.25, 0.3) is 10.9 Å². The minimum Gasteiger partial charge on any atom is -0.497 e. The number of aromatic nitrogens is 1. The third-order valence-electron chi connectivity index (χ3n) is 6.06. The third kappa shape index (κ3) is 4.43. The summed E-state index contributed by atoms with van der Waals surface area (Å²) in [6.07, 6.45) is 3.29. The van der Waals surface area contributed by atoms with Crippen molar-refractivity contribution in [3.05, 3.63) is 59.3 Å². The summed E-state index contributed by atoms with van der Waals surface area (Å²) < 4.78 is 5.13. The average Bonchev–Trinajstić information content (AvgIpc) is 3.14. The topological polar surface area (TPSA) is 74.4 Å². The monoisotopic (exact) mass is 419 g/mol. The second kappa shape index (κ2) is 8.84. The summed E-state index contributed by atoms with van der Waals surface area (Å²) in [5.74, 6) is 1.02. The SMILES string of the molecule is CCN(CC(=O)Nc1ccc(OC)cc1)C(=O)c1ccc2[nH]c3c(c2c1)C[C@H](C)CC3. The second-order valence-corrected chi connectivity index (χ2v) is 8.29. The van der Waals surface area contributed by atoms with Gasteiger partial charge in [-0.25, -0.2) is 0 Å². The van der Waals surface area contributed by atoms with E-state index < -0.39 is 0 Å². The summed E-state index contributed by atoms with van der Waals surface area (Å²) in [6, 6.07) is 12.9. The number of fused-ring (bicyclic) bond motifs is 3. The molecule has 1 atom stereocenters. The van der Waals surface area contributed by atoms with Crippen molar-refractivity contribution in [3.8, 4) is 5.75 Å². The maximum atomic E-state index is 13.2. The Morgan fingerprint density at radius 3 is 2.68 bits per heavy atom. The van der Waals surface area contributed by atoms with Crippen molar-refractivity contribution in [1.29, 1.82) is 0 Å². The molecule has 1 aliphatic carbocycles. The number of rotatable bonds is 6. The summed E-state index contributed by atoms with van der Waals surface area (Å²) in [5, 5.41) is 3.97. The molecule has 0 bridgehead atoms. The van der Waals surface area contributed by atoms with Crippen LogP contribution in [0.15, 0.2) is 42.5 Å². The lowest BCUT2D eigenvalue weighted by Crippen LogP contribution is -2.37. The van der Waals surface area contributed by atoms with E-state index >= 15 is 0 Å². The second-order valence-electron chi connectivity index (χ2n) is 8.29. The van der Waals surface area contributed by atoms with Crippen molar-refractivity contribution in [2.45, 2.75) is 33.1 Å². The molecule has 3 aromatic rings. The summed E-state index contributed by atoms with van der Waals surface area (Å²) in [6.45, 7) is 4.62. The van der Waals surface area contributed by atoms with Crippen molar-refractivity contribution >= 4 is 28.4 Å². The Bertz CT molecular complexity index is 1100. The van der Waals surface area contributed by atoms with Crippen LogP contribution >= 0.6 is 0 Å². The Labute approximate surface area is 182 Å². The quantitative estimate of drug-likeness (QED) is 0.622. The molecule has 6 heteroatoms. The molecule has 1 aromatic heterocycles. The van der Waals surface area contributed by atoms with Gasteiger partial charge >= 0.3 is 0 Å². The van der Waals surface area contributed by atoms with Crippen molar-refractivity contribution < 1.29 is 14.3 Å². The van der Waals surface area contributed by atoms with E-state index in [0.717, 1.165) is 29.5 Å². The summed E-state index contributed by atoms with van der Waals surface area (Å²) in [7, 11) is 1.60. The van der Waals surface area contributed by atoms with Crippen LogP contribution in [-0.4, -0.2) is 41.9 Å². The molecule has 0 aliphatic heterocycles. The molecule has 1 heterocycles. The molecule has 1 aliphatic rings. The van der Waals surface area contributed by atoms with Crippen molar-refractivity contribution in [3.63, 3.8) is 0 Å². The molecule has 4 rings (SSSR count). The van der Waals surface area contributed by atoms with Gasteiger partial charge in [0.2, 0.25) is 5.91 Å². The minimum atomic E-state index is -0.228. The van der Waals surface area contributed by atoms with Gasteiger partial charge in [-0.05, 0) is 80.1 Å². The lowest BCUT2D eigenvalue weighted by molar-refractivity contribution is -0.116. The molecular weight excluding hydrogens is 390 g/mol. The number of amides is 2. The first-order chi connectivity index (χ1) is 15.0. The Hall–Kier alpha value is -3.28. The Balaban J connectivity index is 1.49. The van der Waals surface area contributed by atoms with Crippen molar-refractivity contribution in [2.75, 3.05) is 25.5 Å². The van der Waals surface area contributed by atoms with Gasteiger partial charge < -0.3 is 19.9 Å². The first kappa shape index (κ1) is 21.0. The summed E-state index contributed by atoms with van der Waals surface area (Å²) in [4.78, 5) is 30.8. The Morgan fingerprint density at radius 2 is 1.97 bits per heavy atom. The zero-order valence-corrected chi connectivity index (χ0v) is 18.3. The third-order valence-corrected chi connectivity index (χ3v) is 6.06. The number of hydrogen-bond donors (Lipinski definition) is 2. The number of aryl methyl sites for hydroxylation is 1. The van der Waals surface area contributed by atoms with Gasteiger partial charge in [0.25, 0.3) is 5.91 Å². The van der Waals surface area contributed by atoms with Crippen LogP contribution in [0.2, 0.25) is 0 Å². The zero-order chi connectivity index (χ0) is 22.0. The molecule has 162 valence electrons. The molecule has 0 unspecified atom stereocenters. The highest BCUT2D eigenvalue weighted by molar-refractivity contribution is 6.02. The van der Waals surface area contributed by atoms with E-state index in [1.54, 1.807) is 36.3 Å². The molecule has 0 spiro atoms. The number of benzene rings is 2. The van der Waals surface area contributed by atoms with Crippen LogP contribution in [-0.2, 0) is 17.6 Å². The smallest absolute Gasteiger partial charge is 0.254 e. The lowest BCUT2D eigenvalue weighted by atomic mass is 9.87. The first-order valence-electron chi connectivity index (χ1n) is 10.8. The van der Waals surface area contributed by atoms with Gasteiger partial charge in [0.15, 0.2) is 0 Å². The molecule has 2 aromatic carbocycles. The number of aromatic amines is 1. The largest absolute Gasteiger partial charge is 0.497 e. The van der Waals surface area contributed by atoms with Gasteiger partial charge in [-0.3, -0.25) is 9.59 Å². The van der Waals surface area contributed by atoms with E-state index in [0.29, 0.717) is 23.7 Å². The zero-order valence-electron chi connectivity index (χ0n) is 18.3. The number of anilines is 1. The standard InChI is InChI=1S/C25H29N3O3/c1-4-28(15-24(29)26-18-7-9-19(31-3)10-8-18)25(30)17-6-12-23-21(14-17)20-13-16(2)5-11-22(20)27-23/h6-10,12,14,16,27H,4-5,11,13,15H2,1-3H3,(H,26,29)/t16-/m1/s1. The van der Waals surface area contributed by atoms with Crippen LogP contribution in [0.5, 0.6) is 5.75 Å². The number of likely N-dealkylation sites (N-methyl/N-ethyl adjacent to an activating group) is 1. The van der Waals surface area contributed by atoms with Gasteiger partial charge in [0, 0.05) is 34.4 Å². The minimum absolute atomic E-state index is 0.00166. The predicted molar refractivity (Wildman–Crippen MR) is 123 cm³/mol. The average molecular weight is 420 g/mol. The van der Waals surface area contributed by atoms with Gasteiger partial charge in [-0.2, -0.15) is 0 Å². The Morgan fingerprint density at radius 1 is 1.19 bits per heavy atom. The lowest BCUT2D eigenvalue weighted by Gasteiger charge is -2.21. The molecule has 0 fully saturated rings. The maximum Gasteiger partial charge on any atom is 0.254 e. The summed E-state index contributed by atoms with van der Waals surface area (Å²) >= 11 is 0. The number of H-pyrrole nitrogens is 1. The van der Waals surface area contributed by atoms with E-state index in [9.17, 15) is 9.59 Å². The number of nitrogens with zero attached hydrogens (tertiary/aromatic N) is 1. The fraction of sp³-hybridized carbons (Fsp3) is 0.360. The van der Waals surface area contributed by atoms with E-state index in [2.05, 4.69) is 17.2 Å². The van der Waals surface area contributed by atoms with E-state index in [4.69, 9.17) is 4.74 Å². The van der Waals surface area contributed by atoms with Gasteiger partial charge in [-0.15, -0.1) is 0 Å². The van der Waals surface area contributed by atoms with Crippen LogP contribution < -0.4 is 10.1 Å². The van der Waals surface area contributed by atoms with Crippen molar-refractivity contribution in [1.82, 2.24) is 9.88 Å². The Kier molecular flexibility index (Phi) is 5.98. The number of carbonyl (C=O) groups is 2. The number of carbonyl (C=O) groups excluding carboxylic acids is 2. The molecule has 6 nitrogen and oxygen atoms in total. The molecule has 0 saturated heterocycles. The maximum absolute atomic E-state index is 13.2. The van der Waals surface area contributed by atoms with Gasteiger partial charge in [0.1, 0.15) is 12.3 Å². The number of ether oxygens (including phenoxy) is 1. The molecule has 31 heavy (non-hydrogen) atoms. The molecule has 0 radical (unpaired) electrons. The number of methoxy groups -OCH3 is 1. The molecular formula is C25H29N3O3. The van der Waals surface area contributed by atoms with E-state index in [1.807, 2.05) is 25.1 Å². The fourth-order valence-electron chi connectivity index (χ4n) is 4.28. The highest BCUT2D eigenvalue weighted by Crippen LogP contribution is 2.32. The molecule has 2 amide bonds. The predicted octanol–water partition coefficient (Wildman–Crippen LogP) is 4.40. The summed E-state index contributed by atoms with van der Waals surface area (Å²) in [5.41, 5.74) is 5.00. The van der Waals surface area contributed by atoms with Crippen LogP contribution in [0.4, 0.5) is 5.69 Å². The highest BCUT2D eigenvalue weighted by Gasteiger charge is 2.22. The van der Waals surface area contributed by atoms with Crippen LogP contribution in [0, 0.1) is 5.92 Å². The van der Waals surface area contributed by atoms with Gasteiger partial charge in [-0.1, -0.05) is 6.92 Å². The van der Waals surface area contributed by atoms with E-state index in [1.165, 1.54) is 17.7 Å². The number of hydrogen-bond acceptors (Lipinski definition) is 3. The van der Waals surface area contributed by atoms with Gasteiger partial charge in [0.05, 0.1) is 7.11 Å². The van der Waals surface area contributed by atoms with Crippen molar-refractivity contribution in [2.24, 2.45) is 5.92 Å². The van der Waals surface area contributed by atoms with Crippen LogP contribution in [0.1, 0.15) is 41.9 Å². The molecule has 2 N–H and O–H groups in total. The van der Waals surface area contributed by atoms with Crippen LogP contribution in [0.3, 0.4) is 0 Å². The first-order valence-corrected chi connectivity index (χ1v) is 10.8. The fourth-order valence-corrected chi connectivity index (χ4v) is 4.28. The number of nitrogens with one attached hydrogen (secondary N) is 2.